The Morgan fingerprint density at radius 2 is 2.14 bits per heavy atom. The van der Waals surface area contributed by atoms with Gasteiger partial charge in [-0.25, -0.2) is 13.6 Å². The summed E-state index contributed by atoms with van der Waals surface area (Å²) >= 11 is 3.73. The van der Waals surface area contributed by atoms with Crippen LogP contribution in [0.4, 0.5) is 8.78 Å². The monoisotopic (exact) mass is 218 g/mol. The van der Waals surface area contributed by atoms with Crippen LogP contribution in [-0.2, 0) is 4.74 Å². The summed E-state index contributed by atoms with van der Waals surface area (Å²) in [6, 6.07) is 2.11. The number of thiol groups is 1. The van der Waals surface area contributed by atoms with Crippen LogP contribution in [0.15, 0.2) is 17.0 Å². The number of carbonyl (C=O) groups excluding carboxylic acids is 1. The summed E-state index contributed by atoms with van der Waals surface area (Å²) in [7, 11) is 0. The third kappa shape index (κ3) is 2.04. The smallest absolute Gasteiger partial charge is 0.344 e. The van der Waals surface area contributed by atoms with Gasteiger partial charge in [-0.05, 0) is 19.1 Å². The maximum absolute atomic E-state index is 13.2. The fraction of sp³-hybridized carbons (Fsp3) is 0.222. The van der Waals surface area contributed by atoms with Crippen molar-refractivity contribution in [2.75, 3.05) is 6.61 Å². The Kier molecular flexibility index (Phi) is 3.46. The minimum Gasteiger partial charge on any atom is -0.462 e. The van der Waals surface area contributed by atoms with E-state index in [0.717, 1.165) is 12.1 Å². The molecule has 0 aromatic heterocycles. The minimum atomic E-state index is -1.02. The topological polar surface area (TPSA) is 26.3 Å². The van der Waals surface area contributed by atoms with Gasteiger partial charge in [-0.15, -0.1) is 12.6 Å². The van der Waals surface area contributed by atoms with Crippen molar-refractivity contribution in [3.63, 3.8) is 0 Å². The van der Waals surface area contributed by atoms with Gasteiger partial charge in [-0.1, -0.05) is 0 Å². The molecule has 0 bridgehead atoms. The molecule has 0 amide bonds. The van der Waals surface area contributed by atoms with E-state index in [2.05, 4.69) is 17.4 Å². The highest BCUT2D eigenvalue weighted by atomic mass is 32.1. The zero-order valence-corrected chi connectivity index (χ0v) is 8.28. The highest BCUT2D eigenvalue weighted by molar-refractivity contribution is 7.80. The summed E-state index contributed by atoms with van der Waals surface area (Å²) in [6.45, 7) is 1.62. The number of rotatable bonds is 2. The van der Waals surface area contributed by atoms with Crippen LogP contribution in [0.25, 0.3) is 0 Å². The number of esters is 1. The molecular formula is C9H8F2O2S. The lowest BCUT2D eigenvalue weighted by atomic mass is 10.2. The molecule has 0 aliphatic rings. The average Bonchev–Trinajstić information content (AvgIpc) is 2.13. The van der Waals surface area contributed by atoms with Crippen molar-refractivity contribution in [3.8, 4) is 0 Å². The number of halogens is 2. The second kappa shape index (κ2) is 4.41. The van der Waals surface area contributed by atoms with E-state index in [1.54, 1.807) is 6.92 Å². The Balaban J connectivity index is 3.18. The van der Waals surface area contributed by atoms with E-state index < -0.39 is 23.2 Å². The Morgan fingerprint density at radius 1 is 1.50 bits per heavy atom. The number of ether oxygens (including phenoxy) is 1. The van der Waals surface area contributed by atoms with Crippen molar-refractivity contribution in [3.05, 3.63) is 29.3 Å². The van der Waals surface area contributed by atoms with Crippen molar-refractivity contribution in [1.29, 1.82) is 0 Å². The Labute approximate surface area is 85.3 Å². The summed E-state index contributed by atoms with van der Waals surface area (Å²) in [5.41, 5.74) is -0.695. The SMILES string of the molecule is CCOC(=O)c1c(F)ccc(S)c1F. The average molecular weight is 218 g/mol. The second-order valence-corrected chi connectivity index (χ2v) is 2.96. The van der Waals surface area contributed by atoms with Gasteiger partial charge in [0.1, 0.15) is 11.4 Å². The highest BCUT2D eigenvalue weighted by Crippen LogP contribution is 2.20. The van der Waals surface area contributed by atoms with Gasteiger partial charge < -0.3 is 4.74 Å². The molecule has 0 spiro atoms. The standard InChI is InChI=1S/C9H8F2O2S/c1-2-13-9(12)7-5(10)3-4-6(14)8(7)11/h3-4,14H,2H2,1H3. The van der Waals surface area contributed by atoms with Crippen LogP contribution in [0.3, 0.4) is 0 Å². The molecule has 0 fully saturated rings. The van der Waals surface area contributed by atoms with Crippen LogP contribution in [0.5, 0.6) is 0 Å². The first-order chi connectivity index (χ1) is 6.57. The van der Waals surface area contributed by atoms with E-state index in [9.17, 15) is 13.6 Å². The van der Waals surface area contributed by atoms with Crippen LogP contribution < -0.4 is 0 Å². The molecule has 14 heavy (non-hydrogen) atoms. The van der Waals surface area contributed by atoms with Gasteiger partial charge in [-0.3, -0.25) is 0 Å². The molecule has 0 saturated carbocycles. The van der Waals surface area contributed by atoms with Crippen molar-refractivity contribution in [1.82, 2.24) is 0 Å². The molecule has 5 heteroatoms. The van der Waals surface area contributed by atoms with Gasteiger partial charge in [-0.2, -0.15) is 0 Å². The first kappa shape index (κ1) is 11.0. The Morgan fingerprint density at radius 3 is 2.71 bits per heavy atom. The van der Waals surface area contributed by atoms with Crippen LogP contribution in [0.1, 0.15) is 17.3 Å². The van der Waals surface area contributed by atoms with Crippen molar-refractivity contribution in [2.24, 2.45) is 0 Å². The molecule has 76 valence electrons. The summed E-state index contributed by atoms with van der Waals surface area (Å²) in [6.07, 6.45) is 0. The summed E-state index contributed by atoms with van der Waals surface area (Å²) in [5.74, 6) is -2.95. The lowest BCUT2D eigenvalue weighted by molar-refractivity contribution is 0.0514. The highest BCUT2D eigenvalue weighted by Gasteiger charge is 2.20. The predicted octanol–water partition coefficient (Wildman–Crippen LogP) is 2.43. The van der Waals surface area contributed by atoms with Gasteiger partial charge in [0.25, 0.3) is 0 Å². The molecule has 1 aromatic carbocycles. The summed E-state index contributed by atoms with van der Waals surface area (Å²) < 4.78 is 30.7. The van der Waals surface area contributed by atoms with Gasteiger partial charge in [0.2, 0.25) is 0 Å². The van der Waals surface area contributed by atoms with Crippen LogP contribution in [0.2, 0.25) is 0 Å². The largest absolute Gasteiger partial charge is 0.462 e. The molecule has 0 atom stereocenters. The molecule has 0 saturated heterocycles. The van der Waals surface area contributed by atoms with Gasteiger partial charge in [0, 0.05) is 4.90 Å². The number of hydrogen-bond donors (Lipinski definition) is 1. The van der Waals surface area contributed by atoms with Crippen molar-refractivity contribution in [2.45, 2.75) is 11.8 Å². The maximum atomic E-state index is 13.2. The third-order valence-corrected chi connectivity index (χ3v) is 1.90. The normalized spacial score (nSPS) is 10.0. The second-order valence-electron chi connectivity index (χ2n) is 2.48. The maximum Gasteiger partial charge on any atom is 0.344 e. The predicted molar refractivity (Wildman–Crippen MR) is 49.6 cm³/mol. The van der Waals surface area contributed by atoms with Crippen LogP contribution in [0, 0.1) is 11.6 Å². The lowest BCUT2D eigenvalue weighted by Crippen LogP contribution is -2.10. The fourth-order valence-corrected chi connectivity index (χ4v) is 1.12. The minimum absolute atomic E-state index is 0.0640. The van der Waals surface area contributed by atoms with Crippen LogP contribution in [-0.4, -0.2) is 12.6 Å². The third-order valence-electron chi connectivity index (χ3n) is 1.55. The molecule has 0 aliphatic carbocycles. The van der Waals surface area contributed by atoms with E-state index >= 15 is 0 Å². The van der Waals surface area contributed by atoms with Crippen molar-refractivity contribution < 1.29 is 18.3 Å². The first-order valence-corrected chi connectivity index (χ1v) is 4.36. The molecule has 0 unspecified atom stereocenters. The Bertz CT molecular complexity index is 366. The quantitative estimate of drug-likeness (QED) is 0.609. The van der Waals surface area contributed by atoms with Crippen molar-refractivity contribution >= 4 is 18.6 Å². The van der Waals surface area contributed by atoms with E-state index in [1.807, 2.05) is 0 Å². The van der Waals surface area contributed by atoms with Gasteiger partial charge in [0.15, 0.2) is 5.82 Å². The summed E-state index contributed by atoms with van der Waals surface area (Å²) in [4.78, 5) is 11.0. The van der Waals surface area contributed by atoms with Gasteiger partial charge >= 0.3 is 5.97 Å². The van der Waals surface area contributed by atoms with Gasteiger partial charge in [0.05, 0.1) is 6.61 Å². The molecular weight excluding hydrogens is 210 g/mol. The molecule has 0 aliphatic heterocycles. The molecule has 0 radical (unpaired) electrons. The molecule has 2 nitrogen and oxygen atoms in total. The summed E-state index contributed by atoms with van der Waals surface area (Å²) in [5, 5.41) is 0. The van der Waals surface area contributed by atoms with E-state index in [0.29, 0.717) is 0 Å². The fourth-order valence-electron chi connectivity index (χ4n) is 0.932. The zero-order valence-electron chi connectivity index (χ0n) is 7.38. The van der Waals surface area contributed by atoms with E-state index in [-0.39, 0.29) is 11.5 Å². The zero-order chi connectivity index (χ0) is 10.7. The molecule has 0 heterocycles. The molecule has 1 rings (SSSR count). The molecule has 1 aromatic rings. The number of carbonyl (C=O) groups is 1. The van der Waals surface area contributed by atoms with Crippen LogP contribution >= 0.6 is 12.6 Å². The number of benzene rings is 1. The lowest BCUT2D eigenvalue weighted by Gasteiger charge is -2.05. The van der Waals surface area contributed by atoms with E-state index in [1.165, 1.54) is 0 Å². The van der Waals surface area contributed by atoms with E-state index in [4.69, 9.17) is 0 Å². The first-order valence-electron chi connectivity index (χ1n) is 3.92. The molecule has 0 N–H and O–H groups in total. The number of hydrogen-bond acceptors (Lipinski definition) is 3. The Hall–Kier alpha value is -1.10.